The second-order valence-electron chi connectivity index (χ2n) is 6.09. The number of pyridine rings is 1. The highest BCUT2D eigenvalue weighted by Gasteiger charge is 2.32. The number of hydrazine groups is 1. The van der Waals surface area contributed by atoms with Crippen LogP contribution in [0.25, 0.3) is 11.3 Å². The van der Waals surface area contributed by atoms with Gasteiger partial charge in [-0.1, -0.05) is 29.8 Å². The standard InChI is InChI=1S/C18H17ClN6O/c19-13-8-22-7-6-12(13)18-17(23-11-4-2-1-3-5-11)16-14(25(18)21)9-24(20)10-15(16)26/h1-8,23H,9-10,20-21H2. The minimum absolute atomic E-state index is 0.0946. The molecular formula is C18H17ClN6O. The second kappa shape index (κ2) is 6.45. The number of anilines is 2. The Morgan fingerprint density at radius 1 is 1.12 bits per heavy atom. The van der Waals surface area contributed by atoms with Crippen LogP contribution < -0.4 is 17.0 Å². The highest BCUT2D eigenvalue weighted by Crippen LogP contribution is 2.41. The smallest absolute Gasteiger partial charge is 0.182 e. The predicted molar refractivity (Wildman–Crippen MR) is 101 cm³/mol. The van der Waals surface area contributed by atoms with Crippen LogP contribution in [-0.4, -0.2) is 27.0 Å². The number of fused-ring (bicyclic) bond motifs is 1. The van der Waals surface area contributed by atoms with Crippen molar-refractivity contribution in [1.82, 2.24) is 14.7 Å². The second-order valence-corrected chi connectivity index (χ2v) is 6.50. The third kappa shape index (κ3) is 2.72. The Morgan fingerprint density at radius 3 is 2.62 bits per heavy atom. The molecule has 0 atom stereocenters. The Bertz CT molecular complexity index is 985. The molecule has 2 aromatic heterocycles. The Balaban J connectivity index is 1.97. The fourth-order valence-electron chi connectivity index (χ4n) is 3.23. The highest BCUT2D eigenvalue weighted by atomic mass is 35.5. The molecule has 1 aliphatic rings. The van der Waals surface area contributed by atoms with E-state index in [4.69, 9.17) is 23.3 Å². The van der Waals surface area contributed by atoms with Crippen molar-refractivity contribution in [3.05, 3.63) is 65.1 Å². The van der Waals surface area contributed by atoms with Gasteiger partial charge in [0.25, 0.3) is 0 Å². The van der Waals surface area contributed by atoms with Gasteiger partial charge >= 0.3 is 0 Å². The van der Waals surface area contributed by atoms with E-state index in [-0.39, 0.29) is 12.3 Å². The Morgan fingerprint density at radius 2 is 1.88 bits per heavy atom. The summed E-state index contributed by atoms with van der Waals surface area (Å²) in [6.45, 7) is 0.494. The van der Waals surface area contributed by atoms with Crippen molar-refractivity contribution in [3.8, 4) is 11.3 Å². The maximum absolute atomic E-state index is 12.7. The van der Waals surface area contributed by atoms with Crippen molar-refractivity contribution in [2.75, 3.05) is 17.7 Å². The number of Topliss-reactive ketones (excluding diaryl/α,β-unsaturated/α-hetero) is 1. The molecule has 4 rings (SSSR count). The van der Waals surface area contributed by atoms with E-state index >= 15 is 0 Å². The summed E-state index contributed by atoms with van der Waals surface area (Å²) >= 11 is 6.36. The van der Waals surface area contributed by atoms with Crippen LogP contribution in [0.15, 0.2) is 48.8 Å². The molecule has 0 saturated carbocycles. The zero-order valence-corrected chi connectivity index (χ0v) is 14.6. The number of para-hydroxylation sites is 1. The lowest BCUT2D eigenvalue weighted by Gasteiger charge is -2.22. The molecule has 132 valence electrons. The number of carbonyl (C=O) groups is 1. The van der Waals surface area contributed by atoms with Gasteiger partial charge in [-0.25, -0.2) is 5.01 Å². The highest BCUT2D eigenvalue weighted by molar-refractivity contribution is 6.33. The molecule has 7 nitrogen and oxygen atoms in total. The average Bonchev–Trinajstić information content (AvgIpc) is 2.89. The van der Waals surface area contributed by atoms with E-state index in [9.17, 15) is 4.79 Å². The summed E-state index contributed by atoms with van der Waals surface area (Å²) in [4.78, 5) is 16.7. The minimum Gasteiger partial charge on any atom is -0.353 e. The number of nitrogens with two attached hydrogens (primary N) is 2. The van der Waals surface area contributed by atoms with Crippen molar-refractivity contribution >= 4 is 28.8 Å². The molecule has 0 bridgehead atoms. The van der Waals surface area contributed by atoms with Crippen LogP contribution in [0, 0.1) is 0 Å². The van der Waals surface area contributed by atoms with Crippen LogP contribution in [0.1, 0.15) is 16.1 Å². The zero-order valence-electron chi connectivity index (χ0n) is 13.8. The molecule has 0 unspecified atom stereocenters. The van der Waals surface area contributed by atoms with E-state index in [1.807, 2.05) is 30.3 Å². The lowest BCUT2D eigenvalue weighted by Crippen LogP contribution is -2.41. The van der Waals surface area contributed by atoms with Crippen LogP contribution in [0.4, 0.5) is 11.4 Å². The number of hydrogen-bond donors (Lipinski definition) is 3. The Labute approximate surface area is 155 Å². The van der Waals surface area contributed by atoms with E-state index < -0.39 is 0 Å². The van der Waals surface area contributed by atoms with Gasteiger partial charge in [-0.2, -0.15) is 0 Å². The normalized spacial score (nSPS) is 14.3. The number of halogens is 1. The van der Waals surface area contributed by atoms with E-state index in [1.54, 1.807) is 18.5 Å². The SMILES string of the molecule is NN1CC(=O)c2c(Nc3ccccc3)c(-c3ccncc3Cl)n(N)c2C1. The first-order chi connectivity index (χ1) is 12.6. The summed E-state index contributed by atoms with van der Waals surface area (Å²) in [6, 6.07) is 11.4. The predicted octanol–water partition coefficient (Wildman–Crippen LogP) is 2.53. The molecule has 0 aliphatic carbocycles. The number of benzene rings is 1. The molecule has 26 heavy (non-hydrogen) atoms. The maximum Gasteiger partial charge on any atom is 0.182 e. The van der Waals surface area contributed by atoms with Gasteiger partial charge in [-0.3, -0.25) is 20.3 Å². The Hall–Kier alpha value is -2.87. The van der Waals surface area contributed by atoms with E-state index in [0.717, 1.165) is 5.69 Å². The van der Waals surface area contributed by atoms with Gasteiger partial charge in [0.2, 0.25) is 0 Å². The molecule has 0 spiro atoms. The molecule has 0 amide bonds. The summed E-state index contributed by atoms with van der Waals surface area (Å²) in [5.74, 6) is 12.1. The van der Waals surface area contributed by atoms with Gasteiger partial charge in [-0.15, -0.1) is 0 Å². The van der Waals surface area contributed by atoms with Gasteiger partial charge < -0.3 is 11.2 Å². The van der Waals surface area contributed by atoms with E-state index in [0.29, 0.717) is 39.8 Å². The van der Waals surface area contributed by atoms with Gasteiger partial charge in [0.05, 0.1) is 40.8 Å². The van der Waals surface area contributed by atoms with Gasteiger partial charge in [0.1, 0.15) is 0 Å². The summed E-state index contributed by atoms with van der Waals surface area (Å²) in [7, 11) is 0. The number of ketones is 1. The van der Waals surface area contributed by atoms with Crippen LogP contribution in [0.3, 0.4) is 0 Å². The van der Waals surface area contributed by atoms with Gasteiger partial charge in [0, 0.05) is 23.6 Å². The van der Waals surface area contributed by atoms with Crippen molar-refractivity contribution in [2.45, 2.75) is 6.54 Å². The first-order valence-corrected chi connectivity index (χ1v) is 8.41. The van der Waals surface area contributed by atoms with Crippen LogP contribution in [0.2, 0.25) is 5.02 Å². The van der Waals surface area contributed by atoms with Crippen LogP contribution in [-0.2, 0) is 6.54 Å². The largest absolute Gasteiger partial charge is 0.353 e. The molecular weight excluding hydrogens is 352 g/mol. The Kier molecular flexibility index (Phi) is 4.12. The quantitative estimate of drug-likeness (QED) is 0.614. The first-order valence-electron chi connectivity index (χ1n) is 8.03. The molecule has 3 aromatic rings. The average molecular weight is 369 g/mol. The van der Waals surface area contributed by atoms with Gasteiger partial charge in [-0.05, 0) is 18.2 Å². The molecule has 3 heterocycles. The minimum atomic E-state index is -0.0946. The zero-order chi connectivity index (χ0) is 18.3. The summed E-state index contributed by atoms with van der Waals surface area (Å²) < 4.78 is 1.48. The number of nitrogens with zero attached hydrogens (tertiary/aromatic N) is 3. The summed E-state index contributed by atoms with van der Waals surface area (Å²) in [5, 5.41) is 5.22. The lowest BCUT2D eigenvalue weighted by atomic mass is 10.0. The van der Waals surface area contributed by atoms with Gasteiger partial charge in [0.15, 0.2) is 5.78 Å². The molecule has 8 heteroatoms. The summed E-state index contributed by atoms with van der Waals surface area (Å²) in [5.41, 5.74) is 3.96. The third-order valence-corrected chi connectivity index (χ3v) is 4.66. The monoisotopic (exact) mass is 368 g/mol. The first kappa shape index (κ1) is 16.6. The lowest BCUT2D eigenvalue weighted by molar-refractivity contribution is 0.0900. The number of aromatic nitrogens is 2. The number of carbonyl (C=O) groups excluding carboxylic acids is 1. The number of nitrogens with one attached hydrogen (secondary N) is 1. The fourth-order valence-corrected chi connectivity index (χ4v) is 3.43. The number of rotatable bonds is 3. The molecule has 1 aromatic carbocycles. The third-order valence-electron chi connectivity index (χ3n) is 4.36. The van der Waals surface area contributed by atoms with Crippen molar-refractivity contribution in [3.63, 3.8) is 0 Å². The maximum atomic E-state index is 12.7. The van der Waals surface area contributed by atoms with Crippen molar-refractivity contribution in [2.24, 2.45) is 5.84 Å². The van der Waals surface area contributed by atoms with E-state index in [2.05, 4.69) is 10.3 Å². The summed E-state index contributed by atoms with van der Waals surface area (Å²) in [6.07, 6.45) is 3.18. The number of nitrogen functional groups attached to an aromatic ring is 1. The molecule has 0 saturated heterocycles. The van der Waals surface area contributed by atoms with Crippen LogP contribution >= 0.6 is 11.6 Å². The molecule has 1 aliphatic heterocycles. The van der Waals surface area contributed by atoms with E-state index in [1.165, 1.54) is 9.69 Å². The number of hydrogen-bond acceptors (Lipinski definition) is 6. The molecule has 0 fully saturated rings. The van der Waals surface area contributed by atoms with Crippen molar-refractivity contribution in [1.29, 1.82) is 0 Å². The van der Waals surface area contributed by atoms with Crippen molar-refractivity contribution < 1.29 is 4.79 Å². The topological polar surface area (TPSA) is 102 Å². The molecule has 0 radical (unpaired) electrons. The molecule has 5 N–H and O–H groups in total. The van der Waals surface area contributed by atoms with Crippen LogP contribution in [0.5, 0.6) is 0 Å². The fraction of sp³-hybridized carbons (Fsp3) is 0.111.